The molecule has 0 unspecified atom stereocenters. The standard InChI is InChI=1S/C14H22FN2O5P/c15-13(14(18)17-10-6-2-1-5-9-16)11-7-3-4-8-12(11)22-23(19,20)21/h3-4,7-8,13H,1-2,5-6,9-10,16H2,(H,17,18)(H2,19,20,21)/t13-/m0/s1. The van der Waals surface area contributed by atoms with Gasteiger partial charge in [0.1, 0.15) is 5.75 Å². The molecular weight excluding hydrogens is 326 g/mol. The number of halogens is 1. The Kier molecular flexibility index (Phi) is 8.19. The number of benzene rings is 1. The predicted molar refractivity (Wildman–Crippen MR) is 83.5 cm³/mol. The maximum absolute atomic E-state index is 14.2. The van der Waals surface area contributed by atoms with Crippen molar-refractivity contribution in [1.29, 1.82) is 0 Å². The minimum Gasteiger partial charge on any atom is -0.404 e. The lowest BCUT2D eigenvalue weighted by molar-refractivity contribution is -0.126. The summed E-state index contributed by atoms with van der Waals surface area (Å²) in [4.78, 5) is 29.4. The average Bonchev–Trinajstić information content (AvgIpc) is 2.49. The number of unbranched alkanes of at least 4 members (excludes halogenated alkanes) is 3. The molecule has 0 aliphatic heterocycles. The van der Waals surface area contributed by atoms with E-state index in [2.05, 4.69) is 9.84 Å². The van der Waals surface area contributed by atoms with Gasteiger partial charge in [0.15, 0.2) is 0 Å². The molecule has 0 heterocycles. The monoisotopic (exact) mass is 348 g/mol. The zero-order valence-corrected chi connectivity index (χ0v) is 13.5. The van der Waals surface area contributed by atoms with Crippen LogP contribution >= 0.6 is 7.82 Å². The van der Waals surface area contributed by atoms with Crippen LogP contribution < -0.4 is 15.6 Å². The summed E-state index contributed by atoms with van der Waals surface area (Å²) in [5.74, 6) is -1.22. The summed E-state index contributed by atoms with van der Waals surface area (Å²) in [5, 5.41) is 2.45. The van der Waals surface area contributed by atoms with E-state index in [1.54, 1.807) is 0 Å². The number of nitrogens with two attached hydrogens (primary N) is 1. The van der Waals surface area contributed by atoms with Gasteiger partial charge in [0.2, 0.25) is 6.17 Å². The molecular formula is C14H22FN2O5P. The van der Waals surface area contributed by atoms with E-state index in [1.807, 2.05) is 0 Å². The predicted octanol–water partition coefficient (Wildman–Crippen LogP) is 1.80. The Morgan fingerprint density at radius 1 is 1.26 bits per heavy atom. The number of hydrogen-bond donors (Lipinski definition) is 4. The minimum absolute atomic E-state index is 0.226. The summed E-state index contributed by atoms with van der Waals surface area (Å²) in [6, 6.07) is 5.32. The second-order valence-electron chi connectivity index (χ2n) is 4.98. The Balaban J connectivity index is 2.57. The fraction of sp³-hybridized carbons (Fsp3) is 0.500. The van der Waals surface area contributed by atoms with Crippen molar-refractivity contribution in [3.63, 3.8) is 0 Å². The second kappa shape index (κ2) is 9.62. The van der Waals surface area contributed by atoms with E-state index in [9.17, 15) is 13.8 Å². The van der Waals surface area contributed by atoms with Gasteiger partial charge in [-0.05, 0) is 25.5 Å². The molecule has 1 atom stereocenters. The number of alkyl halides is 1. The second-order valence-corrected chi connectivity index (χ2v) is 6.14. The maximum Gasteiger partial charge on any atom is 0.524 e. The van der Waals surface area contributed by atoms with Gasteiger partial charge in [-0.1, -0.05) is 31.0 Å². The highest BCUT2D eigenvalue weighted by atomic mass is 31.2. The van der Waals surface area contributed by atoms with Crippen molar-refractivity contribution < 1.29 is 28.1 Å². The van der Waals surface area contributed by atoms with Crippen molar-refractivity contribution >= 4 is 13.7 Å². The molecule has 5 N–H and O–H groups in total. The Labute approximate surface area is 134 Å². The molecule has 0 aliphatic rings. The van der Waals surface area contributed by atoms with Crippen LogP contribution in [-0.2, 0) is 9.36 Å². The average molecular weight is 348 g/mol. The summed E-state index contributed by atoms with van der Waals surface area (Å²) in [7, 11) is -4.83. The molecule has 9 heteroatoms. The maximum atomic E-state index is 14.2. The highest BCUT2D eigenvalue weighted by Gasteiger charge is 2.26. The van der Waals surface area contributed by atoms with Crippen LogP contribution in [-0.4, -0.2) is 28.8 Å². The van der Waals surface area contributed by atoms with Crippen LogP contribution in [0.1, 0.15) is 37.4 Å². The molecule has 0 radical (unpaired) electrons. The number of rotatable bonds is 10. The summed E-state index contributed by atoms with van der Waals surface area (Å²) in [6.45, 7) is 0.945. The van der Waals surface area contributed by atoms with Crippen molar-refractivity contribution in [1.82, 2.24) is 5.32 Å². The van der Waals surface area contributed by atoms with E-state index < -0.39 is 19.9 Å². The molecule has 0 fully saturated rings. The Morgan fingerprint density at radius 2 is 1.91 bits per heavy atom. The smallest absolute Gasteiger partial charge is 0.404 e. The van der Waals surface area contributed by atoms with Gasteiger partial charge >= 0.3 is 7.82 Å². The van der Waals surface area contributed by atoms with E-state index in [-0.39, 0.29) is 11.3 Å². The first-order valence-corrected chi connectivity index (χ1v) is 8.84. The molecule has 1 aromatic carbocycles. The number of phosphoric ester groups is 1. The zero-order valence-electron chi connectivity index (χ0n) is 12.7. The van der Waals surface area contributed by atoms with Gasteiger partial charge < -0.3 is 15.6 Å². The molecule has 1 rings (SSSR count). The summed E-state index contributed by atoms with van der Waals surface area (Å²) in [6.07, 6.45) is 1.38. The quantitative estimate of drug-likeness (QED) is 0.378. The van der Waals surface area contributed by atoms with Gasteiger partial charge in [-0.15, -0.1) is 0 Å². The first-order chi connectivity index (χ1) is 10.8. The fourth-order valence-corrected chi connectivity index (χ4v) is 2.39. The first-order valence-electron chi connectivity index (χ1n) is 7.31. The molecule has 7 nitrogen and oxygen atoms in total. The molecule has 1 aromatic rings. The Morgan fingerprint density at radius 3 is 2.57 bits per heavy atom. The van der Waals surface area contributed by atoms with Gasteiger partial charge in [-0.25, -0.2) is 8.96 Å². The minimum atomic E-state index is -4.83. The van der Waals surface area contributed by atoms with Crippen molar-refractivity contribution in [2.24, 2.45) is 5.73 Å². The lowest BCUT2D eigenvalue weighted by Crippen LogP contribution is -2.28. The molecule has 0 saturated carbocycles. The molecule has 0 bridgehead atoms. The van der Waals surface area contributed by atoms with E-state index in [1.165, 1.54) is 24.3 Å². The number of carbonyl (C=O) groups is 1. The van der Waals surface area contributed by atoms with Gasteiger partial charge in [0.25, 0.3) is 5.91 Å². The number of nitrogens with one attached hydrogen (secondary N) is 1. The van der Waals surface area contributed by atoms with Crippen LogP contribution in [0.3, 0.4) is 0 Å². The fourth-order valence-electron chi connectivity index (χ4n) is 1.97. The van der Waals surface area contributed by atoms with Crippen molar-refractivity contribution in [3.8, 4) is 5.75 Å². The van der Waals surface area contributed by atoms with Gasteiger partial charge in [0.05, 0.1) is 0 Å². The van der Waals surface area contributed by atoms with Gasteiger partial charge in [-0.2, -0.15) is 0 Å². The van der Waals surface area contributed by atoms with Crippen LogP contribution in [0, 0.1) is 0 Å². The van der Waals surface area contributed by atoms with Gasteiger partial charge in [0, 0.05) is 12.1 Å². The number of amides is 1. The number of carbonyl (C=O) groups excluding carboxylic acids is 1. The normalized spacial score (nSPS) is 12.7. The molecule has 0 aromatic heterocycles. The number of para-hydroxylation sites is 1. The van der Waals surface area contributed by atoms with E-state index in [4.69, 9.17) is 15.5 Å². The van der Waals surface area contributed by atoms with Crippen LogP contribution in [0.5, 0.6) is 5.75 Å². The van der Waals surface area contributed by atoms with Crippen molar-refractivity contribution in [2.75, 3.05) is 13.1 Å². The molecule has 0 spiro atoms. The molecule has 0 saturated heterocycles. The molecule has 130 valence electrons. The third-order valence-corrected chi connectivity index (χ3v) is 3.50. The van der Waals surface area contributed by atoms with Crippen LogP contribution in [0.15, 0.2) is 24.3 Å². The van der Waals surface area contributed by atoms with Crippen molar-refractivity contribution in [3.05, 3.63) is 29.8 Å². The topological polar surface area (TPSA) is 122 Å². The molecule has 0 aliphatic carbocycles. The summed E-state index contributed by atoms with van der Waals surface area (Å²) >= 11 is 0. The number of hydrogen-bond acceptors (Lipinski definition) is 4. The van der Waals surface area contributed by atoms with Crippen LogP contribution in [0.4, 0.5) is 4.39 Å². The number of phosphoric acid groups is 1. The van der Waals surface area contributed by atoms with E-state index >= 15 is 0 Å². The summed E-state index contributed by atoms with van der Waals surface area (Å²) < 4.78 is 29.5. The first kappa shape index (κ1) is 19.6. The lowest BCUT2D eigenvalue weighted by Gasteiger charge is -2.14. The van der Waals surface area contributed by atoms with E-state index in [0.29, 0.717) is 19.5 Å². The highest BCUT2D eigenvalue weighted by molar-refractivity contribution is 7.46. The molecule has 23 heavy (non-hydrogen) atoms. The SMILES string of the molecule is NCCCCCCNC(=O)[C@@H](F)c1ccccc1OP(=O)(O)O. The highest BCUT2D eigenvalue weighted by Crippen LogP contribution is 2.41. The van der Waals surface area contributed by atoms with Crippen molar-refractivity contribution in [2.45, 2.75) is 31.9 Å². The summed E-state index contributed by atoms with van der Waals surface area (Å²) in [5.41, 5.74) is 5.14. The third kappa shape index (κ3) is 7.56. The zero-order chi connectivity index (χ0) is 17.3. The van der Waals surface area contributed by atoms with E-state index in [0.717, 1.165) is 19.3 Å². The lowest BCUT2D eigenvalue weighted by atomic mass is 10.1. The Bertz CT molecular complexity index is 552. The third-order valence-electron chi connectivity index (χ3n) is 3.07. The van der Waals surface area contributed by atoms with Gasteiger partial charge in [-0.3, -0.25) is 14.6 Å². The molecule has 1 amide bonds. The van der Waals surface area contributed by atoms with Crippen LogP contribution in [0.2, 0.25) is 0 Å². The Hall–Kier alpha value is -1.47. The largest absolute Gasteiger partial charge is 0.524 e. The van der Waals surface area contributed by atoms with Crippen LogP contribution in [0.25, 0.3) is 0 Å².